The van der Waals surface area contributed by atoms with Crippen LogP contribution in [0.15, 0.2) is 42.7 Å². The first-order valence-corrected chi connectivity index (χ1v) is 6.27. The summed E-state index contributed by atoms with van der Waals surface area (Å²) >= 11 is 5.73. The third kappa shape index (κ3) is 3.61. The number of halogens is 1. The summed E-state index contributed by atoms with van der Waals surface area (Å²) in [4.78, 5) is 31.7. The summed E-state index contributed by atoms with van der Waals surface area (Å²) in [5.74, 6) is -2.83. The summed E-state index contributed by atoms with van der Waals surface area (Å²) in [7, 11) is 0. The van der Waals surface area contributed by atoms with Gasteiger partial charge in [0.05, 0.1) is 6.07 Å². The summed E-state index contributed by atoms with van der Waals surface area (Å²) in [6.07, 6.45) is 2.87. The molecule has 6 nitrogen and oxygen atoms in total. The van der Waals surface area contributed by atoms with Gasteiger partial charge >= 0.3 is 0 Å². The standard InChI is InChI=1S/C14H9ClN4O2/c15-10-4-2-9(3-5-10)12(20)11(8-16)13(21)19-14-17-6-1-7-18-14/h1-7,11H,(H,17,18,19,21)/t11-/m1/s1. The Kier molecular flexibility index (Phi) is 4.59. The smallest absolute Gasteiger partial charge is 0.252 e. The highest BCUT2D eigenvalue weighted by molar-refractivity contribution is 6.30. The van der Waals surface area contributed by atoms with Crippen LogP contribution in [0.4, 0.5) is 5.95 Å². The van der Waals surface area contributed by atoms with Crippen LogP contribution in [-0.2, 0) is 4.79 Å². The number of ketones is 1. The number of anilines is 1. The van der Waals surface area contributed by atoms with Crippen LogP contribution in [0.25, 0.3) is 0 Å². The van der Waals surface area contributed by atoms with E-state index in [1.54, 1.807) is 12.1 Å². The first kappa shape index (κ1) is 14.6. The average Bonchev–Trinajstić information content (AvgIpc) is 2.49. The van der Waals surface area contributed by atoms with E-state index in [4.69, 9.17) is 16.9 Å². The Bertz CT molecular complexity index is 695. The minimum atomic E-state index is -1.48. The third-order valence-electron chi connectivity index (χ3n) is 2.58. The molecule has 1 amide bonds. The lowest BCUT2D eigenvalue weighted by molar-refractivity contribution is -0.117. The van der Waals surface area contributed by atoms with Crippen LogP contribution in [0.5, 0.6) is 0 Å². The van der Waals surface area contributed by atoms with E-state index in [-0.39, 0.29) is 11.5 Å². The molecule has 1 atom stereocenters. The van der Waals surface area contributed by atoms with E-state index < -0.39 is 17.6 Å². The van der Waals surface area contributed by atoms with Crippen molar-refractivity contribution in [3.63, 3.8) is 0 Å². The first-order chi connectivity index (χ1) is 10.1. The molecule has 0 aliphatic carbocycles. The number of hydrogen-bond acceptors (Lipinski definition) is 5. The lowest BCUT2D eigenvalue weighted by atomic mass is 9.98. The highest BCUT2D eigenvalue weighted by Gasteiger charge is 2.28. The molecule has 0 unspecified atom stereocenters. The van der Waals surface area contributed by atoms with Crippen molar-refractivity contribution in [2.75, 3.05) is 5.32 Å². The van der Waals surface area contributed by atoms with E-state index in [2.05, 4.69) is 15.3 Å². The third-order valence-corrected chi connectivity index (χ3v) is 2.83. The van der Waals surface area contributed by atoms with Gasteiger partial charge in [-0.1, -0.05) is 11.6 Å². The van der Waals surface area contributed by atoms with Crippen molar-refractivity contribution in [3.8, 4) is 6.07 Å². The molecule has 1 heterocycles. The molecule has 0 saturated carbocycles. The number of carbonyl (C=O) groups is 2. The molecule has 104 valence electrons. The summed E-state index contributed by atoms with van der Waals surface area (Å²) in [6, 6.07) is 9.21. The van der Waals surface area contributed by atoms with Crippen LogP contribution >= 0.6 is 11.6 Å². The second kappa shape index (κ2) is 6.59. The Morgan fingerprint density at radius 1 is 1.19 bits per heavy atom. The molecule has 1 aromatic heterocycles. The van der Waals surface area contributed by atoms with Gasteiger partial charge in [0.15, 0.2) is 11.7 Å². The minimum Gasteiger partial charge on any atom is -0.293 e. The Balaban J connectivity index is 2.15. The molecule has 0 aliphatic rings. The van der Waals surface area contributed by atoms with Crippen LogP contribution in [0.3, 0.4) is 0 Å². The van der Waals surface area contributed by atoms with Gasteiger partial charge in [-0.05, 0) is 30.3 Å². The zero-order valence-electron chi connectivity index (χ0n) is 10.7. The number of nitrogens with one attached hydrogen (secondary N) is 1. The maximum atomic E-state index is 12.2. The minimum absolute atomic E-state index is 0.0339. The van der Waals surface area contributed by atoms with Crippen molar-refractivity contribution in [2.45, 2.75) is 0 Å². The maximum Gasteiger partial charge on any atom is 0.252 e. The number of nitriles is 1. The molecule has 0 saturated heterocycles. The molecule has 1 N–H and O–H groups in total. The van der Waals surface area contributed by atoms with E-state index in [0.717, 1.165) is 0 Å². The quantitative estimate of drug-likeness (QED) is 0.689. The van der Waals surface area contributed by atoms with Crippen LogP contribution in [-0.4, -0.2) is 21.7 Å². The Morgan fingerprint density at radius 2 is 1.81 bits per heavy atom. The molecule has 2 rings (SSSR count). The molecule has 0 spiro atoms. The van der Waals surface area contributed by atoms with Crippen molar-refractivity contribution in [1.82, 2.24) is 9.97 Å². The predicted octanol–water partition coefficient (Wildman–Crippen LogP) is 2.09. The van der Waals surface area contributed by atoms with E-state index in [1.165, 1.54) is 36.7 Å². The SMILES string of the molecule is N#C[C@@H](C(=O)Nc1ncccn1)C(=O)c1ccc(Cl)cc1. The van der Waals surface area contributed by atoms with Gasteiger partial charge in [0.25, 0.3) is 5.91 Å². The van der Waals surface area contributed by atoms with Gasteiger partial charge in [-0.2, -0.15) is 5.26 Å². The summed E-state index contributed by atoms with van der Waals surface area (Å²) in [5, 5.41) is 11.8. The Morgan fingerprint density at radius 3 is 2.38 bits per heavy atom. The number of hydrogen-bond donors (Lipinski definition) is 1. The van der Waals surface area contributed by atoms with E-state index in [0.29, 0.717) is 5.02 Å². The fourth-order valence-corrected chi connectivity index (χ4v) is 1.69. The van der Waals surface area contributed by atoms with Gasteiger partial charge in [-0.15, -0.1) is 0 Å². The van der Waals surface area contributed by atoms with Gasteiger partial charge in [0.1, 0.15) is 0 Å². The normalized spacial score (nSPS) is 11.2. The number of amides is 1. The molecule has 0 fully saturated rings. The van der Waals surface area contributed by atoms with E-state index >= 15 is 0 Å². The van der Waals surface area contributed by atoms with Crippen molar-refractivity contribution >= 4 is 29.2 Å². The molecular weight excluding hydrogens is 292 g/mol. The molecule has 0 bridgehead atoms. The monoisotopic (exact) mass is 300 g/mol. The summed E-state index contributed by atoms with van der Waals surface area (Å²) in [6.45, 7) is 0. The number of nitrogens with zero attached hydrogens (tertiary/aromatic N) is 3. The molecule has 21 heavy (non-hydrogen) atoms. The number of carbonyl (C=O) groups excluding carboxylic acids is 2. The fourth-order valence-electron chi connectivity index (χ4n) is 1.56. The summed E-state index contributed by atoms with van der Waals surface area (Å²) in [5.41, 5.74) is 0.232. The fraction of sp³-hybridized carbons (Fsp3) is 0.0714. The summed E-state index contributed by atoms with van der Waals surface area (Å²) < 4.78 is 0. The van der Waals surface area contributed by atoms with Crippen molar-refractivity contribution in [1.29, 1.82) is 5.26 Å². The van der Waals surface area contributed by atoms with Crippen molar-refractivity contribution in [3.05, 3.63) is 53.3 Å². The largest absolute Gasteiger partial charge is 0.293 e. The first-order valence-electron chi connectivity index (χ1n) is 5.89. The van der Waals surface area contributed by atoms with Crippen LogP contribution in [0.1, 0.15) is 10.4 Å². The number of Topliss-reactive ketones (excluding diaryl/α,β-unsaturated/α-hetero) is 1. The van der Waals surface area contributed by atoms with Crippen LogP contribution in [0.2, 0.25) is 5.02 Å². The second-order valence-electron chi connectivity index (χ2n) is 3.99. The zero-order valence-corrected chi connectivity index (χ0v) is 11.4. The Hall–Kier alpha value is -2.78. The predicted molar refractivity (Wildman–Crippen MR) is 75.5 cm³/mol. The van der Waals surface area contributed by atoms with Gasteiger partial charge in [0.2, 0.25) is 5.95 Å². The lowest BCUT2D eigenvalue weighted by Crippen LogP contribution is -2.29. The zero-order chi connectivity index (χ0) is 15.2. The van der Waals surface area contributed by atoms with Crippen LogP contribution < -0.4 is 5.32 Å². The highest BCUT2D eigenvalue weighted by atomic mass is 35.5. The van der Waals surface area contributed by atoms with Crippen LogP contribution in [0, 0.1) is 17.2 Å². The van der Waals surface area contributed by atoms with E-state index in [1.807, 2.05) is 0 Å². The Labute approximate surface area is 125 Å². The van der Waals surface area contributed by atoms with Gasteiger partial charge in [-0.25, -0.2) is 9.97 Å². The molecule has 2 aromatic rings. The maximum absolute atomic E-state index is 12.2. The van der Waals surface area contributed by atoms with E-state index in [9.17, 15) is 9.59 Å². The molecular formula is C14H9ClN4O2. The molecule has 0 radical (unpaired) electrons. The van der Waals surface area contributed by atoms with Gasteiger partial charge in [-0.3, -0.25) is 14.9 Å². The number of benzene rings is 1. The highest BCUT2D eigenvalue weighted by Crippen LogP contribution is 2.14. The molecule has 7 heteroatoms. The number of aromatic nitrogens is 2. The van der Waals surface area contributed by atoms with Crippen molar-refractivity contribution < 1.29 is 9.59 Å². The molecule has 0 aliphatic heterocycles. The number of rotatable bonds is 4. The second-order valence-corrected chi connectivity index (χ2v) is 4.43. The average molecular weight is 301 g/mol. The lowest BCUT2D eigenvalue weighted by Gasteiger charge is -2.08. The van der Waals surface area contributed by atoms with Gasteiger partial charge < -0.3 is 0 Å². The topological polar surface area (TPSA) is 95.7 Å². The van der Waals surface area contributed by atoms with Crippen molar-refractivity contribution in [2.24, 2.45) is 5.92 Å². The molecule has 1 aromatic carbocycles. The van der Waals surface area contributed by atoms with Gasteiger partial charge in [0, 0.05) is 23.0 Å².